The lowest BCUT2D eigenvalue weighted by Gasteiger charge is -2.30. The van der Waals surface area contributed by atoms with E-state index in [0.29, 0.717) is 12.5 Å². The van der Waals surface area contributed by atoms with Crippen LogP contribution in [0.15, 0.2) is 54.6 Å². The second-order valence-corrected chi connectivity index (χ2v) is 8.59. The van der Waals surface area contributed by atoms with Crippen LogP contribution >= 0.6 is 11.8 Å². The number of thioether (sulfide) groups is 1. The van der Waals surface area contributed by atoms with Crippen molar-refractivity contribution in [2.75, 3.05) is 12.3 Å². The molecule has 0 aromatic heterocycles. The Morgan fingerprint density at radius 3 is 2.56 bits per heavy atom. The maximum Gasteiger partial charge on any atom is 0.226 e. The van der Waals surface area contributed by atoms with E-state index in [2.05, 4.69) is 23.1 Å². The molecular weight excluding hydrogens is 354 g/mol. The summed E-state index contributed by atoms with van der Waals surface area (Å²) in [6, 6.07) is 18.4. The number of hydrogen-bond donors (Lipinski definition) is 0. The third-order valence-electron chi connectivity index (χ3n) is 5.55. The molecule has 4 rings (SSSR count). The number of nitrogens with zero attached hydrogens (tertiary/aromatic N) is 1. The maximum atomic E-state index is 13.1. The van der Waals surface area contributed by atoms with Crippen molar-refractivity contribution in [3.8, 4) is 5.75 Å². The highest BCUT2D eigenvalue weighted by molar-refractivity contribution is 7.99. The number of rotatable bonds is 5. The highest BCUT2D eigenvalue weighted by Gasteiger charge is 2.36. The number of amides is 1. The largest absolute Gasteiger partial charge is 0.489 e. The van der Waals surface area contributed by atoms with E-state index in [1.807, 2.05) is 48.2 Å². The smallest absolute Gasteiger partial charge is 0.226 e. The van der Waals surface area contributed by atoms with E-state index in [9.17, 15) is 4.79 Å². The Morgan fingerprint density at radius 1 is 1.00 bits per heavy atom. The van der Waals surface area contributed by atoms with Gasteiger partial charge in [0.1, 0.15) is 17.7 Å². The van der Waals surface area contributed by atoms with Crippen LogP contribution < -0.4 is 4.74 Å². The average Bonchev–Trinajstić information content (AvgIpc) is 3.23. The van der Waals surface area contributed by atoms with Crippen molar-refractivity contribution in [2.45, 2.75) is 44.1 Å². The van der Waals surface area contributed by atoms with E-state index in [4.69, 9.17) is 4.74 Å². The van der Waals surface area contributed by atoms with Crippen molar-refractivity contribution in [1.29, 1.82) is 0 Å². The summed E-state index contributed by atoms with van der Waals surface area (Å²) in [6.45, 7) is 1.39. The summed E-state index contributed by atoms with van der Waals surface area (Å²) in [5.41, 5.74) is 2.28. The fraction of sp³-hybridized carbons (Fsp3) is 0.435. The minimum Gasteiger partial charge on any atom is -0.489 e. The molecule has 2 aromatic rings. The van der Waals surface area contributed by atoms with Gasteiger partial charge < -0.3 is 9.64 Å². The molecule has 4 heteroatoms. The van der Waals surface area contributed by atoms with Gasteiger partial charge in [0.05, 0.1) is 0 Å². The molecule has 2 aromatic carbocycles. The molecule has 1 saturated heterocycles. The molecule has 0 spiro atoms. The first kappa shape index (κ1) is 18.4. The van der Waals surface area contributed by atoms with Crippen LogP contribution in [0.25, 0.3) is 0 Å². The first-order valence-electron chi connectivity index (χ1n) is 10.0. The molecule has 1 heterocycles. The number of carbonyl (C=O) groups is 1. The van der Waals surface area contributed by atoms with Crippen molar-refractivity contribution < 1.29 is 9.53 Å². The summed E-state index contributed by atoms with van der Waals surface area (Å²) in [4.78, 5) is 15.2. The summed E-state index contributed by atoms with van der Waals surface area (Å²) >= 11 is 1.86. The van der Waals surface area contributed by atoms with E-state index < -0.39 is 0 Å². The van der Waals surface area contributed by atoms with Gasteiger partial charge in [-0.15, -0.1) is 11.8 Å². The highest BCUT2D eigenvalue weighted by Crippen LogP contribution is 2.43. The predicted octanol–water partition coefficient (Wildman–Crippen LogP) is 5.42. The first-order valence-corrected chi connectivity index (χ1v) is 11.1. The number of para-hydroxylation sites is 1. The maximum absolute atomic E-state index is 13.1. The van der Waals surface area contributed by atoms with Gasteiger partial charge in [-0.3, -0.25) is 4.79 Å². The number of benzene rings is 2. The van der Waals surface area contributed by atoms with Crippen molar-refractivity contribution in [3.05, 3.63) is 65.7 Å². The second-order valence-electron chi connectivity index (χ2n) is 7.40. The van der Waals surface area contributed by atoms with Crippen LogP contribution in [0.5, 0.6) is 5.75 Å². The molecule has 1 aliphatic heterocycles. The monoisotopic (exact) mass is 381 g/mol. The Hall–Kier alpha value is -1.94. The Balaban J connectivity index is 1.50. The molecule has 3 nitrogen and oxygen atoms in total. The van der Waals surface area contributed by atoms with Crippen molar-refractivity contribution >= 4 is 17.7 Å². The Bertz CT molecular complexity index is 758. The molecular formula is C23H27NO2S. The zero-order valence-corrected chi connectivity index (χ0v) is 16.5. The van der Waals surface area contributed by atoms with Crippen LogP contribution in [-0.4, -0.2) is 23.1 Å². The van der Waals surface area contributed by atoms with Gasteiger partial charge in [-0.2, -0.15) is 0 Å². The van der Waals surface area contributed by atoms with Gasteiger partial charge in [0.2, 0.25) is 5.91 Å². The van der Waals surface area contributed by atoms with Gasteiger partial charge in [-0.1, -0.05) is 67.8 Å². The molecule has 1 atom stereocenters. The Labute approximate surface area is 166 Å². The molecule has 0 N–H and O–H groups in total. The third kappa shape index (κ3) is 4.32. The van der Waals surface area contributed by atoms with E-state index >= 15 is 0 Å². The minimum absolute atomic E-state index is 0.0754. The molecule has 27 heavy (non-hydrogen) atoms. The summed E-state index contributed by atoms with van der Waals surface area (Å²) in [6.07, 6.45) is 5.77. The van der Waals surface area contributed by atoms with E-state index in [1.165, 1.54) is 19.3 Å². The van der Waals surface area contributed by atoms with Crippen LogP contribution in [0.3, 0.4) is 0 Å². The van der Waals surface area contributed by atoms with Gasteiger partial charge in [0.25, 0.3) is 0 Å². The van der Waals surface area contributed by atoms with Crippen LogP contribution in [0.4, 0.5) is 0 Å². The van der Waals surface area contributed by atoms with E-state index in [-0.39, 0.29) is 11.3 Å². The topological polar surface area (TPSA) is 29.5 Å². The molecule has 1 saturated carbocycles. The summed E-state index contributed by atoms with van der Waals surface area (Å²) in [5.74, 6) is 2.46. The molecule has 1 unspecified atom stereocenters. The lowest BCUT2D eigenvalue weighted by atomic mass is 9.88. The molecule has 1 amide bonds. The van der Waals surface area contributed by atoms with Crippen LogP contribution in [0.2, 0.25) is 0 Å². The van der Waals surface area contributed by atoms with Crippen LogP contribution in [-0.2, 0) is 11.4 Å². The summed E-state index contributed by atoms with van der Waals surface area (Å²) in [7, 11) is 0. The minimum atomic E-state index is 0.0754. The molecule has 2 aliphatic rings. The molecule has 142 valence electrons. The fourth-order valence-electron chi connectivity index (χ4n) is 4.09. The van der Waals surface area contributed by atoms with Gasteiger partial charge in [0, 0.05) is 23.8 Å². The molecule has 2 fully saturated rings. The highest BCUT2D eigenvalue weighted by atomic mass is 32.2. The van der Waals surface area contributed by atoms with Crippen molar-refractivity contribution in [1.82, 2.24) is 4.90 Å². The summed E-state index contributed by atoms with van der Waals surface area (Å²) in [5, 5.41) is 0.0754. The fourth-order valence-corrected chi connectivity index (χ4v) is 5.38. The van der Waals surface area contributed by atoms with Gasteiger partial charge in [-0.05, 0) is 24.5 Å². The number of hydrogen-bond acceptors (Lipinski definition) is 3. The zero-order valence-electron chi connectivity index (χ0n) is 15.7. The Morgan fingerprint density at radius 2 is 1.74 bits per heavy atom. The second kappa shape index (κ2) is 8.83. The standard InChI is InChI=1S/C23H27NO2S/c25-22(19-11-5-2-6-12-19)24-15-16-27-23(24)20-13-7-8-14-21(20)26-17-18-9-3-1-4-10-18/h1,3-4,7-10,13-14,19,23H,2,5-6,11-12,15-17H2. The lowest BCUT2D eigenvalue weighted by molar-refractivity contribution is -0.136. The SMILES string of the molecule is O=C(C1CCCCC1)N1CCSC1c1ccccc1OCc1ccccc1. The van der Waals surface area contributed by atoms with Crippen molar-refractivity contribution in [3.63, 3.8) is 0 Å². The van der Waals surface area contributed by atoms with E-state index in [0.717, 1.165) is 42.0 Å². The lowest BCUT2D eigenvalue weighted by Crippen LogP contribution is -2.36. The van der Waals surface area contributed by atoms with Gasteiger partial charge in [0.15, 0.2) is 0 Å². The predicted molar refractivity (Wildman–Crippen MR) is 111 cm³/mol. The molecule has 0 bridgehead atoms. The van der Waals surface area contributed by atoms with Crippen LogP contribution in [0, 0.1) is 5.92 Å². The Kier molecular flexibility index (Phi) is 6.03. The zero-order chi connectivity index (χ0) is 18.5. The number of ether oxygens (including phenoxy) is 1. The quantitative estimate of drug-likeness (QED) is 0.692. The van der Waals surface area contributed by atoms with Crippen molar-refractivity contribution in [2.24, 2.45) is 5.92 Å². The number of carbonyl (C=O) groups excluding carboxylic acids is 1. The summed E-state index contributed by atoms with van der Waals surface area (Å²) < 4.78 is 6.16. The van der Waals surface area contributed by atoms with Gasteiger partial charge >= 0.3 is 0 Å². The average molecular weight is 382 g/mol. The molecule has 0 radical (unpaired) electrons. The first-order chi connectivity index (χ1) is 13.3. The molecule has 1 aliphatic carbocycles. The normalized spacial score (nSPS) is 20.6. The van der Waals surface area contributed by atoms with Crippen LogP contribution in [0.1, 0.15) is 48.6 Å². The van der Waals surface area contributed by atoms with Gasteiger partial charge in [-0.25, -0.2) is 0 Å². The third-order valence-corrected chi connectivity index (χ3v) is 6.79. The van der Waals surface area contributed by atoms with E-state index in [1.54, 1.807) is 0 Å².